The molecule has 0 aromatic rings. The summed E-state index contributed by atoms with van der Waals surface area (Å²) in [7, 11) is 0. The maximum Gasteiger partial charge on any atom is 0.329 e. The Morgan fingerprint density at radius 1 is 0.950 bits per heavy atom. The molecule has 120 valence electrons. The van der Waals surface area contributed by atoms with E-state index >= 15 is 0 Å². The number of aliphatic hydroxyl groups excluding tert-OH is 1. The summed E-state index contributed by atoms with van der Waals surface area (Å²) < 4.78 is 20.4. The van der Waals surface area contributed by atoms with Gasteiger partial charge in [0.25, 0.3) is 0 Å². The second kappa shape index (κ2) is 14.7. The molecule has 0 fully saturated rings. The lowest BCUT2D eigenvalue weighted by atomic mass is 10.2. The Morgan fingerprint density at radius 3 is 1.95 bits per heavy atom. The maximum absolute atomic E-state index is 10.1. The molecule has 0 aliphatic rings. The van der Waals surface area contributed by atoms with Gasteiger partial charge in [0, 0.05) is 0 Å². The van der Waals surface area contributed by atoms with Crippen LogP contribution in [0, 0.1) is 0 Å². The first-order valence-electron chi connectivity index (χ1n) is 6.87. The lowest BCUT2D eigenvalue weighted by Gasteiger charge is -2.10. The predicted octanol–water partition coefficient (Wildman–Crippen LogP) is 0.298. The van der Waals surface area contributed by atoms with E-state index in [1.54, 1.807) is 0 Å². The van der Waals surface area contributed by atoms with E-state index in [1.807, 2.05) is 6.92 Å². The van der Waals surface area contributed by atoms with Gasteiger partial charge < -0.3 is 29.2 Å². The summed E-state index contributed by atoms with van der Waals surface area (Å²) in [6.07, 6.45) is 1.29. The lowest BCUT2D eigenvalue weighted by molar-refractivity contribution is -0.142. The Hall–Kier alpha value is -0.730. The number of carboxylic acid groups (broad SMARTS) is 1. The van der Waals surface area contributed by atoms with Crippen LogP contribution >= 0.6 is 0 Å². The largest absolute Gasteiger partial charge is 0.480 e. The van der Waals surface area contributed by atoms with Gasteiger partial charge in [-0.25, -0.2) is 4.79 Å². The van der Waals surface area contributed by atoms with Gasteiger partial charge in [0.05, 0.1) is 52.4 Å². The zero-order chi connectivity index (χ0) is 15.1. The number of aliphatic hydroxyl groups is 1. The minimum absolute atomic E-state index is 0.255. The van der Waals surface area contributed by atoms with E-state index in [9.17, 15) is 9.90 Å². The van der Waals surface area contributed by atoms with E-state index in [1.165, 1.54) is 0 Å². The molecule has 0 saturated carbocycles. The molecule has 0 spiro atoms. The van der Waals surface area contributed by atoms with Gasteiger partial charge in [-0.2, -0.15) is 0 Å². The fourth-order valence-electron chi connectivity index (χ4n) is 1.35. The molecule has 0 radical (unpaired) electrons. The molecular formula is C13H26O7. The molecule has 0 aromatic carbocycles. The minimum Gasteiger partial charge on any atom is -0.480 e. The highest BCUT2D eigenvalue weighted by Crippen LogP contribution is 1.96. The Morgan fingerprint density at radius 2 is 1.45 bits per heavy atom. The highest BCUT2D eigenvalue weighted by molar-refractivity contribution is 5.67. The van der Waals surface area contributed by atoms with Crippen LogP contribution in [0.1, 0.15) is 19.8 Å². The third kappa shape index (κ3) is 15.3. The maximum atomic E-state index is 10.1. The van der Waals surface area contributed by atoms with Gasteiger partial charge >= 0.3 is 5.97 Å². The first kappa shape index (κ1) is 19.3. The summed E-state index contributed by atoms with van der Waals surface area (Å²) in [6, 6.07) is 0. The predicted molar refractivity (Wildman–Crippen MR) is 71.8 cm³/mol. The number of hydrogen-bond acceptors (Lipinski definition) is 6. The average molecular weight is 294 g/mol. The van der Waals surface area contributed by atoms with Gasteiger partial charge in [-0.1, -0.05) is 13.3 Å². The van der Waals surface area contributed by atoms with Gasteiger partial charge in [0.1, 0.15) is 6.61 Å². The van der Waals surface area contributed by atoms with Crippen LogP contribution in [-0.4, -0.2) is 75.1 Å². The Labute approximate surface area is 119 Å². The van der Waals surface area contributed by atoms with Crippen molar-refractivity contribution >= 4 is 5.97 Å². The number of ether oxygens (including phenoxy) is 4. The van der Waals surface area contributed by atoms with Crippen molar-refractivity contribution in [3.05, 3.63) is 0 Å². The Balaban J connectivity index is 3.04. The molecule has 0 rings (SSSR count). The highest BCUT2D eigenvalue weighted by Gasteiger charge is 2.01. The number of hydrogen-bond donors (Lipinski definition) is 2. The lowest BCUT2D eigenvalue weighted by Crippen LogP contribution is -2.18. The van der Waals surface area contributed by atoms with Crippen LogP contribution in [0.5, 0.6) is 0 Å². The van der Waals surface area contributed by atoms with Crippen LogP contribution in [0.2, 0.25) is 0 Å². The van der Waals surface area contributed by atoms with Crippen molar-refractivity contribution < 1.29 is 34.0 Å². The van der Waals surface area contributed by atoms with Gasteiger partial charge in [0.15, 0.2) is 0 Å². The smallest absolute Gasteiger partial charge is 0.329 e. The van der Waals surface area contributed by atoms with Crippen molar-refractivity contribution in [1.82, 2.24) is 0 Å². The molecule has 0 aliphatic carbocycles. The molecule has 0 amide bonds. The van der Waals surface area contributed by atoms with E-state index in [0.717, 1.165) is 12.8 Å². The molecule has 7 nitrogen and oxygen atoms in total. The van der Waals surface area contributed by atoms with Gasteiger partial charge in [-0.15, -0.1) is 0 Å². The first-order chi connectivity index (χ1) is 9.66. The third-order valence-corrected chi connectivity index (χ3v) is 2.27. The summed E-state index contributed by atoms with van der Waals surface area (Å²) in [4.78, 5) is 10.1. The van der Waals surface area contributed by atoms with Crippen molar-refractivity contribution in [3.8, 4) is 0 Å². The summed E-state index contributed by atoms with van der Waals surface area (Å²) in [5.74, 6) is -0.989. The molecule has 0 aromatic heterocycles. The zero-order valence-corrected chi connectivity index (χ0v) is 12.1. The summed E-state index contributed by atoms with van der Waals surface area (Å²) in [5, 5.41) is 17.7. The number of carbonyl (C=O) groups is 1. The van der Waals surface area contributed by atoms with Gasteiger partial charge in [0.2, 0.25) is 0 Å². The summed E-state index contributed by atoms with van der Waals surface area (Å²) in [6.45, 7) is 4.42. The van der Waals surface area contributed by atoms with Crippen LogP contribution in [0.3, 0.4) is 0 Å². The molecule has 0 bridgehead atoms. The Kier molecular flexibility index (Phi) is 14.1. The minimum atomic E-state index is -0.989. The number of carboxylic acids is 1. The van der Waals surface area contributed by atoms with Crippen LogP contribution < -0.4 is 0 Å². The molecule has 0 saturated heterocycles. The summed E-state index contributed by atoms with van der Waals surface area (Å²) in [5.41, 5.74) is 0. The van der Waals surface area contributed by atoms with Gasteiger partial charge in [-0.05, 0) is 6.42 Å². The second-order valence-corrected chi connectivity index (χ2v) is 4.19. The fraction of sp³-hybridized carbons (Fsp3) is 0.923. The Bertz CT molecular complexity index is 223. The highest BCUT2D eigenvalue weighted by atomic mass is 16.6. The van der Waals surface area contributed by atoms with Crippen LogP contribution in [0.15, 0.2) is 0 Å². The monoisotopic (exact) mass is 294 g/mol. The van der Waals surface area contributed by atoms with Gasteiger partial charge in [-0.3, -0.25) is 0 Å². The van der Waals surface area contributed by atoms with Crippen LogP contribution in [0.25, 0.3) is 0 Å². The molecular weight excluding hydrogens is 268 g/mol. The van der Waals surface area contributed by atoms with Crippen molar-refractivity contribution in [1.29, 1.82) is 0 Å². The normalized spacial score (nSPS) is 12.5. The second-order valence-electron chi connectivity index (χ2n) is 4.19. The molecule has 7 heteroatoms. The standard InChI is InChI=1S/C13H26O7/c1-2-3-12(14)10-19-8-6-17-4-5-18-7-9-20-11-13(15)16/h12,14H,2-11H2,1H3,(H,15,16). The molecule has 1 unspecified atom stereocenters. The molecule has 0 heterocycles. The number of rotatable bonds is 15. The topological polar surface area (TPSA) is 94.5 Å². The van der Waals surface area contributed by atoms with E-state index in [0.29, 0.717) is 39.6 Å². The van der Waals surface area contributed by atoms with Crippen molar-refractivity contribution in [2.24, 2.45) is 0 Å². The van der Waals surface area contributed by atoms with Crippen molar-refractivity contribution in [2.45, 2.75) is 25.9 Å². The molecule has 20 heavy (non-hydrogen) atoms. The van der Waals surface area contributed by atoms with E-state index in [4.69, 9.17) is 24.1 Å². The summed E-state index contributed by atoms with van der Waals surface area (Å²) >= 11 is 0. The van der Waals surface area contributed by atoms with E-state index in [2.05, 4.69) is 0 Å². The zero-order valence-electron chi connectivity index (χ0n) is 12.1. The third-order valence-electron chi connectivity index (χ3n) is 2.27. The van der Waals surface area contributed by atoms with Crippen molar-refractivity contribution in [2.75, 3.05) is 52.9 Å². The first-order valence-corrected chi connectivity index (χ1v) is 6.87. The van der Waals surface area contributed by atoms with Crippen LogP contribution in [0.4, 0.5) is 0 Å². The van der Waals surface area contributed by atoms with Crippen molar-refractivity contribution in [3.63, 3.8) is 0 Å². The molecule has 0 aliphatic heterocycles. The van der Waals surface area contributed by atoms with Crippen LogP contribution in [-0.2, 0) is 23.7 Å². The van der Waals surface area contributed by atoms with E-state index < -0.39 is 12.1 Å². The fourth-order valence-corrected chi connectivity index (χ4v) is 1.35. The average Bonchev–Trinajstić information content (AvgIpc) is 2.40. The number of aliphatic carboxylic acids is 1. The molecule has 1 atom stereocenters. The molecule has 2 N–H and O–H groups in total. The van der Waals surface area contributed by atoms with E-state index in [-0.39, 0.29) is 13.2 Å². The quantitative estimate of drug-likeness (QED) is 0.419. The SMILES string of the molecule is CCCC(O)COCCOCCOCCOCC(=O)O.